The molecule has 0 aliphatic rings. The molecule has 0 spiro atoms. The molecule has 0 bridgehead atoms. The first kappa shape index (κ1) is 16.4. The molecular formula is C12H24O5. The molecule has 0 aromatic carbocycles. The van der Waals surface area contributed by atoms with Crippen LogP contribution in [0, 0.1) is 0 Å². The molecule has 102 valence electrons. The average molecular weight is 248 g/mol. The summed E-state index contributed by atoms with van der Waals surface area (Å²) in [5.74, 6) is -0.440. The van der Waals surface area contributed by atoms with E-state index in [1.54, 1.807) is 13.8 Å². The van der Waals surface area contributed by atoms with Crippen LogP contribution >= 0.6 is 0 Å². The molecule has 1 N–H and O–H groups in total. The summed E-state index contributed by atoms with van der Waals surface area (Å²) in [4.78, 5) is 11.5. The Morgan fingerprint density at radius 2 is 1.71 bits per heavy atom. The number of ether oxygens (including phenoxy) is 3. The number of aliphatic hydroxyl groups is 1. The largest absolute Gasteiger partial charge is 0.461 e. The van der Waals surface area contributed by atoms with E-state index in [0.717, 1.165) is 0 Å². The number of esters is 1. The van der Waals surface area contributed by atoms with Gasteiger partial charge in [-0.2, -0.15) is 0 Å². The normalized spacial score (nSPS) is 16.6. The molecule has 0 amide bonds. The van der Waals surface area contributed by atoms with Crippen molar-refractivity contribution in [1.29, 1.82) is 0 Å². The fourth-order valence-electron chi connectivity index (χ4n) is 1.17. The average Bonchev–Trinajstić information content (AvgIpc) is 2.21. The molecule has 0 aromatic heterocycles. The van der Waals surface area contributed by atoms with Crippen LogP contribution in [0.25, 0.3) is 0 Å². The Morgan fingerprint density at radius 3 is 2.18 bits per heavy atom. The second-order valence-electron chi connectivity index (χ2n) is 4.45. The van der Waals surface area contributed by atoms with Gasteiger partial charge in [0.25, 0.3) is 0 Å². The summed E-state index contributed by atoms with van der Waals surface area (Å²) in [5.41, 5.74) is 0. The first-order valence-corrected chi connectivity index (χ1v) is 5.94. The van der Waals surface area contributed by atoms with Crippen LogP contribution in [0.3, 0.4) is 0 Å². The van der Waals surface area contributed by atoms with Crippen LogP contribution in [0.15, 0.2) is 0 Å². The molecule has 17 heavy (non-hydrogen) atoms. The van der Waals surface area contributed by atoms with Crippen LogP contribution in [-0.2, 0) is 19.0 Å². The van der Waals surface area contributed by atoms with Gasteiger partial charge in [-0.25, -0.2) is 4.79 Å². The van der Waals surface area contributed by atoms with Crippen molar-refractivity contribution in [2.24, 2.45) is 0 Å². The zero-order chi connectivity index (χ0) is 13.4. The predicted octanol–water partition coefficient (Wildman–Crippen LogP) is 1.13. The number of hydrogen-bond acceptors (Lipinski definition) is 5. The molecule has 3 unspecified atom stereocenters. The number of hydrogen-bond donors (Lipinski definition) is 1. The Hall–Kier alpha value is -0.650. The molecule has 0 aromatic rings. The van der Waals surface area contributed by atoms with Gasteiger partial charge < -0.3 is 19.3 Å². The van der Waals surface area contributed by atoms with Crippen LogP contribution < -0.4 is 0 Å². The highest BCUT2D eigenvalue weighted by Gasteiger charge is 2.17. The van der Waals surface area contributed by atoms with Crippen molar-refractivity contribution in [1.82, 2.24) is 0 Å². The van der Waals surface area contributed by atoms with E-state index < -0.39 is 18.2 Å². The van der Waals surface area contributed by atoms with Crippen molar-refractivity contribution in [2.75, 3.05) is 13.2 Å². The molecule has 0 aliphatic carbocycles. The van der Waals surface area contributed by atoms with E-state index >= 15 is 0 Å². The lowest BCUT2D eigenvalue weighted by molar-refractivity contribution is -0.162. The Bertz CT molecular complexity index is 215. The minimum Gasteiger partial charge on any atom is -0.461 e. The maximum absolute atomic E-state index is 11.5. The first-order valence-electron chi connectivity index (χ1n) is 5.94. The van der Waals surface area contributed by atoms with Gasteiger partial charge in [0.05, 0.1) is 24.9 Å². The van der Waals surface area contributed by atoms with Gasteiger partial charge in [0, 0.05) is 0 Å². The molecule has 5 heteroatoms. The van der Waals surface area contributed by atoms with Crippen LogP contribution in [0.5, 0.6) is 0 Å². The molecule has 0 aliphatic heterocycles. The van der Waals surface area contributed by atoms with Crippen molar-refractivity contribution in [2.45, 2.75) is 59.0 Å². The van der Waals surface area contributed by atoms with Crippen LogP contribution in [0.1, 0.15) is 34.6 Å². The maximum atomic E-state index is 11.5. The monoisotopic (exact) mass is 248 g/mol. The fraction of sp³-hybridized carbons (Fsp3) is 0.917. The van der Waals surface area contributed by atoms with Crippen molar-refractivity contribution in [3.63, 3.8) is 0 Å². The number of carbonyl (C=O) groups is 1. The summed E-state index contributed by atoms with van der Waals surface area (Å²) in [6.45, 7) is 9.21. The minimum atomic E-state index is -0.671. The zero-order valence-corrected chi connectivity index (χ0v) is 11.3. The van der Waals surface area contributed by atoms with Gasteiger partial charge in [0.2, 0.25) is 0 Å². The van der Waals surface area contributed by atoms with Gasteiger partial charge in [-0.1, -0.05) is 0 Å². The second kappa shape index (κ2) is 8.44. The van der Waals surface area contributed by atoms with Gasteiger partial charge in [-0.3, -0.25) is 0 Å². The lowest BCUT2D eigenvalue weighted by atomic mass is 10.3. The van der Waals surface area contributed by atoms with E-state index in [-0.39, 0.29) is 25.4 Å². The van der Waals surface area contributed by atoms with E-state index in [4.69, 9.17) is 19.3 Å². The van der Waals surface area contributed by atoms with Crippen molar-refractivity contribution in [3.05, 3.63) is 0 Å². The molecule has 3 atom stereocenters. The van der Waals surface area contributed by atoms with E-state index in [2.05, 4.69) is 0 Å². The summed E-state index contributed by atoms with van der Waals surface area (Å²) in [6.07, 6.45) is -1.29. The molecule has 0 saturated carbocycles. The molecule has 0 heterocycles. The third-order valence-corrected chi connectivity index (χ3v) is 1.88. The Morgan fingerprint density at radius 1 is 1.12 bits per heavy atom. The molecule has 0 radical (unpaired) electrons. The summed E-state index contributed by atoms with van der Waals surface area (Å²) in [6, 6.07) is 0. The van der Waals surface area contributed by atoms with E-state index in [1.807, 2.05) is 20.8 Å². The van der Waals surface area contributed by atoms with Crippen LogP contribution in [0.2, 0.25) is 0 Å². The third-order valence-electron chi connectivity index (χ3n) is 1.88. The second-order valence-corrected chi connectivity index (χ2v) is 4.45. The Kier molecular flexibility index (Phi) is 8.12. The highest BCUT2D eigenvalue weighted by molar-refractivity contribution is 5.74. The topological polar surface area (TPSA) is 65.0 Å². The predicted molar refractivity (Wildman–Crippen MR) is 63.7 cm³/mol. The number of rotatable bonds is 8. The molecule has 5 nitrogen and oxygen atoms in total. The molecule has 0 saturated heterocycles. The minimum absolute atomic E-state index is 0.104. The molecule has 0 fully saturated rings. The van der Waals surface area contributed by atoms with Crippen molar-refractivity contribution >= 4 is 5.97 Å². The third kappa shape index (κ3) is 9.09. The summed E-state index contributed by atoms with van der Waals surface area (Å²) in [5, 5.41) is 9.00. The van der Waals surface area contributed by atoms with Gasteiger partial charge >= 0.3 is 5.97 Å². The lowest BCUT2D eigenvalue weighted by Gasteiger charge is -2.18. The van der Waals surface area contributed by atoms with E-state index in [9.17, 15) is 4.79 Å². The fourth-order valence-corrected chi connectivity index (χ4v) is 1.17. The lowest BCUT2D eigenvalue weighted by Crippen LogP contribution is -2.30. The van der Waals surface area contributed by atoms with Gasteiger partial charge in [0.1, 0.15) is 6.61 Å². The SMILES string of the molecule is CC(O)COC(C)C(=O)OCC(C)OC(C)C. The smallest absolute Gasteiger partial charge is 0.335 e. The van der Waals surface area contributed by atoms with Crippen LogP contribution in [0.4, 0.5) is 0 Å². The van der Waals surface area contributed by atoms with Crippen LogP contribution in [-0.4, -0.2) is 48.7 Å². The Balaban J connectivity index is 3.77. The first-order chi connectivity index (χ1) is 7.82. The summed E-state index contributed by atoms with van der Waals surface area (Å²) >= 11 is 0. The highest BCUT2D eigenvalue weighted by atomic mass is 16.6. The molecule has 0 rings (SSSR count). The van der Waals surface area contributed by atoms with Gasteiger partial charge in [-0.15, -0.1) is 0 Å². The summed E-state index contributed by atoms with van der Waals surface area (Å²) in [7, 11) is 0. The maximum Gasteiger partial charge on any atom is 0.335 e. The zero-order valence-electron chi connectivity index (χ0n) is 11.3. The summed E-state index contributed by atoms with van der Waals surface area (Å²) < 4.78 is 15.6. The van der Waals surface area contributed by atoms with E-state index in [1.165, 1.54) is 0 Å². The van der Waals surface area contributed by atoms with E-state index in [0.29, 0.717) is 0 Å². The number of aliphatic hydroxyl groups excluding tert-OH is 1. The number of carbonyl (C=O) groups excluding carboxylic acids is 1. The Labute approximate surface area is 103 Å². The quantitative estimate of drug-likeness (QED) is 0.652. The van der Waals surface area contributed by atoms with Gasteiger partial charge in [-0.05, 0) is 34.6 Å². The van der Waals surface area contributed by atoms with Gasteiger partial charge in [0.15, 0.2) is 6.10 Å². The van der Waals surface area contributed by atoms with Crippen molar-refractivity contribution < 1.29 is 24.1 Å². The molecular weight excluding hydrogens is 224 g/mol. The van der Waals surface area contributed by atoms with Crippen molar-refractivity contribution in [3.8, 4) is 0 Å². The highest BCUT2D eigenvalue weighted by Crippen LogP contribution is 2.01. The standard InChI is InChI=1S/C12H24O5/c1-8(2)17-10(4)7-16-12(14)11(5)15-6-9(3)13/h8-11,13H,6-7H2,1-5H3.